The highest BCUT2D eigenvalue weighted by Crippen LogP contribution is 2.16. The Morgan fingerprint density at radius 3 is 2.55 bits per heavy atom. The van der Waals surface area contributed by atoms with Gasteiger partial charge in [0.05, 0.1) is 0 Å². The molecule has 20 heavy (non-hydrogen) atoms. The van der Waals surface area contributed by atoms with Gasteiger partial charge in [-0.25, -0.2) is 14.8 Å². The molecule has 0 aliphatic heterocycles. The summed E-state index contributed by atoms with van der Waals surface area (Å²) in [4.78, 5) is 34.0. The van der Waals surface area contributed by atoms with Crippen LogP contribution < -0.4 is 11.2 Å². The molecule has 0 aliphatic rings. The number of benzene rings is 1. The first-order chi connectivity index (χ1) is 9.56. The van der Waals surface area contributed by atoms with Gasteiger partial charge in [0.1, 0.15) is 5.39 Å². The van der Waals surface area contributed by atoms with Crippen molar-refractivity contribution >= 4 is 11.0 Å². The molecule has 1 N–H and O–H groups in total. The van der Waals surface area contributed by atoms with Crippen molar-refractivity contribution in [2.24, 2.45) is 7.05 Å². The Kier molecular flexibility index (Phi) is 2.71. The van der Waals surface area contributed by atoms with Gasteiger partial charge >= 0.3 is 5.69 Å². The Bertz CT molecular complexity index is 907. The molecule has 1 aromatic carbocycles. The molecule has 0 radical (unpaired) electrons. The Balaban J connectivity index is 2.30. The van der Waals surface area contributed by atoms with Gasteiger partial charge in [0.15, 0.2) is 11.5 Å². The number of nitrogens with zero attached hydrogens (tertiary/aromatic N) is 3. The highest BCUT2D eigenvalue weighted by Gasteiger charge is 2.09. The minimum Gasteiger partial charge on any atom is -0.281 e. The van der Waals surface area contributed by atoms with Crippen LogP contribution in [0.2, 0.25) is 0 Å². The fourth-order valence-corrected chi connectivity index (χ4v) is 1.97. The monoisotopic (exact) mass is 268 g/mol. The topological polar surface area (TPSA) is 80.6 Å². The first kappa shape index (κ1) is 12.3. The quantitative estimate of drug-likeness (QED) is 0.713. The van der Waals surface area contributed by atoms with E-state index in [4.69, 9.17) is 0 Å². The lowest BCUT2D eigenvalue weighted by Crippen LogP contribution is -2.29. The smallest absolute Gasteiger partial charge is 0.281 e. The number of aromatic nitrogens is 4. The third-order valence-corrected chi connectivity index (χ3v) is 3.17. The van der Waals surface area contributed by atoms with Crippen LogP contribution in [-0.4, -0.2) is 19.5 Å². The molecule has 0 amide bonds. The number of aromatic amines is 1. The van der Waals surface area contributed by atoms with Crippen LogP contribution >= 0.6 is 0 Å². The minimum absolute atomic E-state index is 0.294. The molecule has 3 rings (SSSR count). The van der Waals surface area contributed by atoms with Gasteiger partial charge in [-0.05, 0) is 6.92 Å². The molecule has 6 heteroatoms. The Morgan fingerprint density at radius 2 is 1.85 bits per heavy atom. The maximum atomic E-state index is 11.7. The van der Waals surface area contributed by atoms with Crippen LogP contribution in [0.4, 0.5) is 0 Å². The molecule has 2 heterocycles. The molecule has 0 atom stereocenters. The largest absolute Gasteiger partial charge is 0.329 e. The van der Waals surface area contributed by atoms with Gasteiger partial charge in [-0.15, -0.1) is 0 Å². The summed E-state index contributed by atoms with van der Waals surface area (Å²) in [6.45, 7) is 1.99. The van der Waals surface area contributed by atoms with E-state index in [2.05, 4.69) is 15.0 Å². The van der Waals surface area contributed by atoms with Crippen molar-refractivity contribution in [3.05, 3.63) is 56.9 Å². The molecule has 2 aromatic heterocycles. The van der Waals surface area contributed by atoms with Crippen LogP contribution in [0.15, 0.2) is 40.1 Å². The molecule has 0 bridgehead atoms. The van der Waals surface area contributed by atoms with E-state index in [9.17, 15) is 9.59 Å². The highest BCUT2D eigenvalue weighted by atomic mass is 16.2. The van der Waals surface area contributed by atoms with Gasteiger partial charge in [-0.2, -0.15) is 0 Å². The van der Waals surface area contributed by atoms with Crippen LogP contribution in [0.3, 0.4) is 0 Å². The van der Waals surface area contributed by atoms with E-state index in [1.807, 2.05) is 31.2 Å². The number of nitrogens with one attached hydrogen (secondary N) is 1. The summed E-state index contributed by atoms with van der Waals surface area (Å²) in [7, 11) is 1.56. The first-order valence-electron chi connectivity index (χ1n) is 6.09. The summed E-state index contributed by atoms with van der Waals surface area (Å²) in [5, 5.41) is 0.294. The molecule has 6 nitrogen and oxygen atoms in total. The van der Waals surface area contributed by atoms with E-state index in [1.165, 1.54) is 10.8 Å². The zero-order valence-corrected chi connectivity index (χ0v) is 11.0. The lowest BCUT2D eigenvalue weighted by Gasteiger charge is -2.05. The van der Waals surface area contributed by atoms with E-state index in [-0.39, 0.29) is 0 Å². The second kappa shape index (κ2) is 4.41. The highest BCUT2D eigenvalue weighted by molar-refractivity contribution is 5.75. The van der Waals surface area contributed by atoms with Crippen molar-refractivity contribution in [1.82, 2.24) is 19.5 Å². The van der Waals surface area contributed by atoms with Crippen LogP contribution in [0.25, 0.3) is 22.4 Å². The second-order valence-electron chi connectivity index (χ2n) is 4.62. The molecule has 100 valence electrons. The maximum Gasteiger partial charge on any atom is 0.329 e. The van der Waals surface area contributed by atoms with Crippen LogP contribution in [-0.2, 0) is 7.05 Å². The number of hydrogen-bond donors (Lipinski definition) is 1. The predicted octanol–water partition coefficient (Wildman–Crippen LogP) is 0.992. The summed E-state index contributed by atoms with van der Waals surface area (Å²) >= 11 is 0. The third-order valence-electron chi connectivity index (χ3n) is 3.17. The number of H-pyrrole nitrogens is 1. The SMILES string of the molecule is Cc1ccc(-c2ncc3c(=O)[nH]c(=O)n(C)c3n2)cc1. The molecule has 0 aliphatic carbocycles. The number of hydrogen-bond acceptors (Lipinski definition) is 4. The molecule has 0 saturated heterocycles. The molecule has 0 fully saturated rings. The van der Waals surface area contributed by atoms with Gasteiger partial charge in [-0.1, -0.05) is 29.8 Å². The summed E-state index contributed by atoms with van der Waals surface area (Å²) < 4.78 is 1.30. The van der Waals surface area contributed by atoms with Gasteiger partial charge in [0.25, 0.3) is 5.56 Å². The average molecular weight is 268 g/mol. The predicted molar refractivity (Wildman–Crippen MR) is 75.6 cm³/mol. The Morgan fingerprint density at radius 1 is 1.15 bits per heavy atom. The van der Waals surface area contributed by atoms with Crippen LogP contribution in [0.5, 0.6) is 0 Å². The second-order valence-corrected chi connectivity index (χ2v) is 4.62. The van der Waals surface area contributed by atoms with Crippen molar-refractivity contribution in [3.63, 3.8) is 0 Å². The Hall–Kier alpha value is -2.76. The van der Waals surface area contributed by atoms with Crippen molar-refractivity contribution in [3.8, 4) is 11.4 Å². The molecule has 0 saturated carbocycles. The van der Waals surface area contributed by atoms with Gasteiger partial charge in [-0.3, -0.25) is 14.3 Å². The van der Waals surface area contributed by atoms with Gasteiger partial charge < -0.3 is 0 Å². The molecular formula is C14H12N4O2. The lowest BCUT2D eigenvalue weighted by atomic mass is 10.1. The number of fused-ring (bicyclic) bond motifs is 1. The fraction of sp³-hybridized carbons (Fsp3) is 0.143. The number of aryl methyl sites for hydroxylation is 2. The Labute approximate surface area is 113 Å². The maximum absolute atomic E-state index is 11.7. The van der Waals surface area contributed by atoms with E-state index >= 15 is 0 Å². The number of rotatable bonds is 1. The normalized spacial score (nSPS) is 10.9. The van der Waals surface area contributed by atoms with E-state index < -0.39 is 11.2 Å². The molecule has 0 spiro atoms. The van der Waals surface area contributed by atoms with Crippen molar-refractivity contribution in [1.29, 1.82) is 0 Å². The van der Waals surface area contributed by atoms with E-state index in [0.717, 1.165) is 11.1 Å². The minimum atomic E-state index is -0.490. The van der Waals surface area contributed by atoms with E-state index in [1.54, 1.807) is 7.05 Å². The van der Waals surface area contributed by atoms with Gasteiger partial charge in [0, 0.05) is 18.8 Å². The van der Waals surface area contributed by atoms with Crippen molar-refractivity contribution in [2.75, 3.05) is 0 Å². The molecular weight excluding hydrogens is 256 g/mol. The van der Waals surface area contributed by atoms with Crippen LogP contribution in [0.1, 0.15) is 5.56 Å². The summed E-state index contributed by atoms with van der Waals surface area (Å²) in [5.41, 5.74) is 1.34. The zero-order valence-electron chi connectivity index (χ0n) is 11.0. The first-order valence-corrected chi connectivity index (χ1v) is 6.09. The zero-order chi connectivity index (χ0) is 14.3. The average Bonchev–Trinajstić information content (AvgIpc) is 2.45. The van der Waals surface area contributed by atoms with E-state index in [0.29, 0.717) is 16.9 Å². The van der Waals surface area contributed by atoms with Crippen molar-refractivity contribution in [2.45, 2.75) is 6.92 Å². The summed E-state index contributed by atoms with van der Waals surface area (Å²) in [6, 6.07) is 7.73. The van der Waals surface area contributed by atoms with Crippen molar-refractivity contribution < 1.29 is 0 Å². The molecule has 0 unspecified atom stereocenters. The molecule has 3 aromatic rings. The fourth-order valence-electron chi connectivity index (χ4n) is 1.97. The van der Waals surface area contributed by atoms with Gasteiger partial charge in [0.2, 0.25) is 0 Å². The standard InChI is InChI=1S/C14H12N4O2/c1-8-3-5-9(6-4-8)11-15-7-10-12(16-11)18(2)14(20)17-13(10)19/h3-7H,1-2H3,(H,17,19,20). The third kappa shape index (κ3) is 1.91. The summed E-state index contributed by atoms with van der Waals surface area (Å²) in [6.07, 6.45) is 1.44. The lowest BCUT2D eigenvalue weighted by molar-refractivity contribution is 0.826. The summed E-state index contributed by atoms with van der Waals surface area (Å²) in [5.74, 6) is 0.484. The van der Waals surface area contributed by atoms with Crippen LogP contribution in [0, 0.1) is 6.92 Å².